The predicted octanol–water partition coefficient (Wildman–Crippen LogP) is 4.86. The maximum absolute atomic E-state index is 12.4. The van der Waals surface area contributed by atoms with Gasteiger partial charge < -0.3 is 10.1 Å². The van der Waals surface area contributed by atoms with Gasteiger partial charge in [0.15, 0.2) is 12.4 Å². The topological polar surface area (TPSA) is 72.5 Å². The number of anilines is 1. The Hall–Kier alpha value is -3.73. The lowest BCUT2D eigenvalue weighted by Crippen LogP contribution is -2.20. The van der Waals surface area contributed by atoms with E-state index in [0.717, 1.165) is 5.56 Å². The number of hydrogen-bond acceptors (Lipinski definition) is 4. The van der Waals surface area contributed by atoms with Gasteiger partial charge in [0.05, 0.1) is 5.92 Å². The average Bonchev–Trinajstić information content (AvgIpc) is 2.79. The van der Waals surface area contributed by atoms with Crippen LogP contribution in [0.2, 0.25) is 0 Å². The lowest BCUT2D eigenvalue weighted by Gasteiger charge is -2.14. The Morgan fingerprint density at radius 2 is 1.40 bits per heavy atom. The van der Waals surface area contributed by atoms with Crippen LogP contribution in [0.4, 0.5) is 5.69 Å². The number of hydrogen-bond donors (Lipinski definition) is 1. The molecule has 0 bridgehead atoms. The monoisotopic (exact) mass is 401 g/mol. The van der Waals surface area contributed by atoms with Crippen LogP contribution in [0, 0.1) is 0 Å². The van der Waals surface area contributed by atoms with Crippen molar-refractivity contribution in [1.82, 2.24) is 0 Å². The third-order valence-corrected chi connectivity index (χ3v) is 4.74. The van der Waals surface area contributed by atoms with Crippen LogP contribution in [0.5, 0.6) is 0 Å². The van der Waals surface area contributed by atoms with Crippen molar-refractivity contribution in [3.8, 4) is 0 Å². The molecule has 1 atom stereocenters. The zero-order chi connectivity index (χ0) is 21.3. The number of rotatable bonds is 8. The van der Waals surface area contributed by atoms with Gasteiger partial charge in [-0.2, -0.15) is 0 Å². The summed E-state index contributed by atoms with van der Waals surface area (Å²) in [6.07, 6.45) is 0.590. The van der Waals surface area contributed by atoms with Gasteiger partial charge in [-0.3, -0.25) is 14.4 Å². The summed E-state index contributed by atoms with van der Waals surface area (Å²) in [5.41, 5.74) is 2.41. The SMILES string of the molecule is CC[C@@H](C(=O)OCC(=O)c1ccc(NC(=O)c2ccccc2)cc1)c1ccccc1. The zero-order valence-electron chi connectivity index (χ0n) is 16.7. The van der Waals surface area contributed by atoms with Gasteiger partial charge in [0.25, 0.3) is 5.91 Å². The highest BCUT2D eigenvalue weighted by molar-refractivity contribution is 6.04. The molecule has 0 aliphatic carbocycles. The van der Waals surface area contributed by atoms with Gasteiger partial charge in [0, 0.05) is 16.8 Å². The molecule has 3 aromatic carbocycles. The summed E-state index contributed by atoms with van der Waals surface area (Å²) >= 11 is 0. The fourth-order valence-electron chi connectivity index (χ4n) is 3.08. The van der Waals surface area contributed by atoms with Crippen molar-refractivity contribution < 1.29 is 19.1 Å². The minimum absolute atomic E-state index is 0.227. The Kier molecular flexibility index (Phi) is 7.11. The van der Waals surface area contributed by atoms with Crippen molar-refractivity contribution in [1.29, 1.82) is 0 Å². The van der Waals surface area contributed by atoms with Gasteiger partial charge in [-0.15, -0.1) is 0 Å². The van der Waals surface area contributed by atoms with E-state index in [1.54, 1.807) is 48.5 Å². The van der Waals surface area contributed by atoms with Crippen molar-refractivity contribution in [2.75, 3.05) is 11.9 Å². The Labute approximate surface area is 175 Å². The van der Waals surface area contributed by atoms with E-state index in [2.05, 4.69) is 5.32 Å². The van der Waals surface area contributed by atoms with Gasteiger partial charge in [0.2, 0.25) is 0 Å². The summed E-state index contributed by atoms with van der Waals surface area (Å²) in [7, 11) is 0. The third kappa shape index (κ3) is 5.41. The number of ether oxygens (including phenoxy) is 1. The van der Waals surface area contributed by atoms with Crippen LogP contribution in [0.3, 0.4) is 0 Å². The number of ketones is 1. The summed E-state index contributed by atoms with van der Waals surface area (Å²) in [4.78, 5) is 37.0. The summed E-state index contributed by atoms with van der Waals surface area (Å²) < 4.78 is 5.26. The van der Waals surface area contributed by atoms with Crippen LogP contribution in [0.1, 0.15) is 45.5 Å². The maximum Gasteiger partial charge on any atom is 0.313 e. The van der Waals surface area contributed by atoms with Crippen LogP contribution < -0.4 is 5.32 Å². The molecule has 0 aliphatic heterocycles. The average molecular weight is 401 g/mol. The molecule has 0 unspecified atom stereocenters. The summed E-state index contributed by atoms with van der Waals surface area (Å²) in [5.74, 6) is -1.33. The molecule has 5 nitrogen and oxygen atoms in total. The number of esters is 1. The lowest BCUT2D eigenvalue weighted by atomic mass is 9.97. The molecule has 0 spiro atoms. The smallest absolute Gasteiger partial charge is 0.313 e. The van der Waals surface area contributed by atoms with E-state index < -0.39 is 11.9 Å². The second kappa shape index (κ2) is 10.2. The van der Waals surface area contributed by atoms with Gasteiger partial charge in [-0.05, 0) is 48.4 Å². The Bertz CT molecular complexity index is 998. The largest absolute Gasteiger partial charge is 0.457 e. The van der Waals surface area contributed by atoms with E-state index in [4.69, 9.17) is 4.74 Å². The molecular formula is C25H23NO4. The second-order valence-electron chi connectivity index (χ2n) is 6.80. The van der Waals surface area contributed by atoms with Crippen molar-refractivity contribution in [2.24, 2.45) is 0 Å². The van der Waals surface area contributed by atoms with Crippen LogP contribution in [-0.4, -0.2) is 24.3 Å². The van der Waals surface area contributed by atoms with Crippen LogP contribution in [0.25, 0.3) is 0 Å². The number of Topliss-reactive ketones (excluding diaryl/α,β-unsaturated/α-hetero) is 1. The molecule has 0 aromatic heterocycles. The highest BCUT2D eigenvalue weighted by Crippen LogP contribution is 2.21. The number of carbonyl (C=O) groups is 3. The maximum atomic E-state index is 12.4. The molecule has 152 valence electrons. The molecule has 3 aromatic rings. The number of nitrogens with one attached hydrogen (secondary N) is 1. The minimum atomic E-state index is -0.413. The highest BCUT2D eigenvalue weighted by Gasteiger charge is 2.21. The molecule has 0 fully saturated rings. The summed E-state index contributed by atoms with van der Waals surface area (Å²) in [6.45, 7) is 1.58. The first-order valence-electron chi connectivity index (χ1n) is 9.79. The van der Waals surface area contributed by atoms with Crippen molar-refractivity contribution in [3.63, 3.8) is 0 Å². The van der Waals surface area contributed by atoms with E-state index in [9.17, 15) is 14.4 Å². The Morgan fingerprint density at radius 1 is 0.800 bits per heavy atom. The molecule has 0 saturated carbocycles. The Balaban J connectivity index is 1.55. The van der Waals surface area contributed by atoms with Crippen LogP contribution in [-0.2, 0) is 9.53 Å². The number of amides is 1. The van der Waals surface area contributed by atoms with Crippen LogP contribution >= 0.6 is 0 Å². The second-order valence-corrected chi connectivity index (χ2v) is 6.80. The van der Waals surface area contributed by atoms with Crippen LogP contribution in [0.15, 0.2) is 84.9 Å². The molecule has 5 heteroatoms. The van der Waals surface area contributed by atoms with Gasteiger partial charge >= 0.3 is 5.97 Å². The molecule has 0 radical (unpaired) electrons. The molecule has 0 heterocycles. The first-order chi connectivity index (χ1) is 14.6. The minimum Gasteiger partial charge on any atom is -0.457 e. The van der Waals surface area contributed by atoms with Gasteiger partial charge in [-0.25, -0.2) is 0 Å². The summed E-state index contributed by atoms with van der Waals surface area (Å²) in [5, 5.41) is 2.78. The molecular weight excluding hydrogens is 378 g/mol. The van der Waals surface area contributed by atoms with E-state index in [1.165, 1.54) is 0 Å². The highest BCUT2D eigenvalue weighted by atomic mass is 16.5. The third-order valence-electron chi connectivity index (χ3n) is 4.74. The standard InChI is InChI=1S/C25H23NO4/c1-2-22(18-9-5-3-6-10-18)25(29)30-17-23(27)19-13-15-21(16-14-19)26-24(28)20-11-7-4-8-12-20/h3-16,22H,2,17H2,1H3,(H,26,28)/t22-/m1/s1. The fourth-order valence-corrected chi connectivity index (χ4v) is 3.08. The molecule has 1 amide bonds. The normalized spacial score (nSPS) is 11.4. The van der Waals surface area contributed by atoms with E-state index in [-0.39, 0.29) is 18.3 Å². The quantitative estimate of drug-likeness (QED) is 0.432. The molecule has 30 heavy (non-hydrogen) atoms. The van der Waals surface area contributed by atoms with Gasteiger partial charge in [0.1, 0.15) is 0 Å². The predicted molar refractivity (Wildman–Crippen MR) is 116 cm³/mol. The van der Waals surface area contributed by atoms with Gasteiger partial charge in [-0.1, -0.05) is 55.5 Å². The Morgan fingerprint density at radius 3 is 2.00 bits per heavy atom. The molecule has 3 rings (SSSR count). The fraction of sp³-hybridized carbons (Fsp3) is 0.160. The lowest BCUT2D eigenvalue weighted by molar-refractivity contribution is -0.144. The first kappa shape index (κ1) is 21.0. The van der Waals surface area contributed by atoms with E-state index in [0.29, 0.717) is 23.2 Å². The molecule has 0 aliphatic rings. The summed E-state index contributed by atoms with van der Waals surface area (Å²) in [6, 6.07) is 24.7. The van der Waals surface area contributed by atoms with Crippen molar-refractivity contribution >= 4 is 23.3 Å². The molecule has 0 saturated heterocycles. The van der Waals surface area contributed by atoms with E-state index >= 15 is 0 Å². The molecule has 1 N–H and O–H groups in total. The number of benzene rings is 3. The van der Waals surface area contributed by atoms with Crippen molar-refractivity contribution in [2.45, 2.75) is 19.3 Å². The first-order valence-corrected chi connectivity index (χ1v) is 9.79. The van der Waals surface area contributed by atoms with Crippen molar-refractivity contribution in [3.05, 3.63) is 102 Å². The zero-order valence-corrected chi connectivity index (χ0v) is 16.7. The van der Waals surface area contributed by atoms with E-state index in [1.807, 2.05) is 43.3 Å². The number of carbonyl (C=O) groups excluding carboxylic acids is 3.